The second-order valence-corrected chi connectivity index (χ2v) is 7.12. The molecule has 3 heterocycles. The number of rotatable bonds is 5. The van der Waals surface area contributed by atoms with Gasteiger partial charge in [-0.2, -0.15) is 5.10 Å². The maximum atomic E-state index is 5.49. The van der Waals surface area contributed by atoms with Crippen LogP contribution in [0.4, 0.5) is 0 Å². The Hall–Kier alpha value is -1.63. The molecule has 0 bridgehead atoms. The summed E-state index contributed by atoms with van der Waals surface area (Å²) < 4.78 is 10.9. The third-order valence-electron chi connectivity index (χ3n) is 5.52. The van der Waals surface area contributed by atoms with E-state index in [1.807, 2.05) is 12.1 Å². The number of benzene rings is 1. The van der Waals surface area contributed by atoms with Gasteiger partial charge in [0.05, 0.1) is 31.5 Å². The molecule has 136 valence electrons. The lowest BCUT2D eigenvalue weighted by molar-refractivity contribution is 0.0151. The van der Waals surface area contributed by atoms with Crippen LogP contribution < -0.4 is 4.74 Å². The fourth-order valence-corrected chi connectivity index (χ4v) is 4.05. The molecule has 2 aliphatic heterocycles. The molecule has 4 rings (SSSR count). The van der Waals surface area contributed by atoms with E-state index in [9.17, 15) is 0 Å². The second-order valence-electron chi connectivity index (χ2n) is 7.12. The van der Waals surface area contributed by atoms with Crippen molar-refractivity contribution in [2.75, 3.05) is 46.5 Å². The van der Waals surface area contributed by atoms with E-state index in [1.54, 1.807) is 7.11 Å². The molecule has 0 amide bonds. The lowest BCUT2D eigenvalue weighted by atomic mass is 10.0. The molecule has 1 atom stereocenters. The van der Waals surface area contributed by atoms with Crippen molar-refractivity contribution in [1.82, 2.24) is 20.0 Å². The standard InChI is InChI=1S/C19H28N4O2/c1-24-16-5-6-18-17(12-16)19(21-20-18)14-23-7-3-2-4-15(23)13-22-8-10-25-11-9-22/h5-6,12,15H,2-4,7-11,13-14H2,1H3,(H,20,21)/t15-/m0/s1. The van der Waals surface area contributed by atoms with Gasteiger partial charge in [0, 0.05) is 37.6 Å². The number of nitrogens with one attached hydrogen (secondary N) is 1. The van der Waals surface area contributed by atoms with Gasteiger partial charge in [0.1, 0.15) is 5.75 Å². The predicted octanol–water partition coefficient (Wildman–Crippen LogP) is 2.26. The molecule has 6 nitrogen and oxygen atoms in total. The molecule has 6 heteroatoms. The van der Waals surface area contributed by atoms with Crippen LogP contribution in [0.3, 0.4) is 0 Å². The fourth-order valence-electron chi connectivity index (χ4n) is 4.05. The molecule has 2 aromatic rings. The van der Waals surface area contributed by atoms with E-state index in [1.165, 1.54) is 36.9 Å². The van der Waals surface area contributed by atoms with Crippen molar-refractivity contribution in [3.05, 3.63) is 23.9 Å². The van der Waals surface area contributed by atoms with Crippen LogP contribution in [-0.2, 0) is 11.3 Å². The van der Waals surface area contributed by atoms with Crippen LogP contribution in [0.1, 0.15) is 25.0 Å². The number of fused-ring (bicyclic) bond motifs is 1. The lowest BCUT2D eigenvalue weighted by Crippen LogP contribution is -2.49. The van der Waals surface area contributed by atoms with Crippen LogP contribution in [0.5, 0.6) is 5.75 Å². The van der Waals surface area contributed by atoms with Crippen molar-refractivity contribution in [2.24, 2.45) is 0 Å². The third kappa shape index (κ3) is 3.81. The molecule has 25 heavy (non-hydrogen) atoms. The number of hydrogen-bond donors (Lipinski definition) is 1. The molecule has 2 aliphatic rings. The molecule has 0 spiro atoms. The van der Waals surface area contributed by atoms with Gasteiger partial charge in [-0.25, -0.2) is 0 Å². The summed E-state index contributed by atoms with van der Waals surface area (Å²) in [5.74, 6) is 0.888. The van der Waals surface area contributed by atoms with Crippen LogP contribution in [0.2, 0.25) is 0 Å². The molecular weight excluding hydrogens is 316 g/mol. The number of likely N-dealkylation sites (tertiary alicyclic amines) is 1. The van der Waals surface area contributed by atoms with E-state index >= 15 is 0 Å². The monoisotopic (exact) mass is 344 g/mol. The number of methoxy groups -OCH3 is 1. The van der Waals surface area contributed by atoms with Crippen LogP contribution >= 0.6 is 0 Å². The number of hydrogen-bond acceptors (Lipinski definition) is 5. The van der Waals surface area contributed by atoms with Crippen molar-refractivity contribution < 1.29 is 9.47 Å². The highest BCUT2D eigenvalue weighted by atomic mass is 16.5. The fraction of sp³-hybridized carbons (Fsp3) is 0.632. The summed E-state index contributed by atoms with van der Waals surface area (Å²) in [6.07, 6.45) is 3.91. The SMILES string of the molecule is COc1ccc2n[nH]c(CN3CCCC[C@H]3CN3CCOCC3)c2c1. The van der Waals surface area contributed by atoms with Gasteiger partial charge in [0.25, 0.3) is 0 Å². The van der Waals surface area contributed by atoms with Crippen molar-refractivity contribution in [1.29, 1.82) is 0 Å². The summed E-state index contributed by atoms with van der Waals surface area (Å²) in [6, 6.07) is 6.70. The third-order valence-corrected chi connectivity index (χ3v) is 5.52. The first-order chi connectivity index (χ1) is 12.3. The van der Waals surface area contributed by atoms with Crippen molar-refractivity contribution in [2.45, 2.75) is 31.8 Å². The molecule has 1 aromatic heterocycles. The Morgan fingerprint density at radius 3 is 2.96 bits per heavy atom. The lowest BCUT2D eigenvalue weighted by Gasteiger charge is -2.39. The number of ether oxygens (including phenoxy) is 2. The first-order valence-corrected chi connectivity index (χ1v) is 9.38. The first kappa shape index (κ1) is 16.8. The summed E-state index contributed by atoms with van der Waals surface area (Å²) >= 11 is 0. The van der Waals surface area contributed by atoms with Crippen LogP contribution in [0.15, 0.2) is 18.2 Å². The number of aromatic amines is 1. The maximum Gasteiger partial charge on any atom is 0.119 e. The normalized spacial score (nSPS) is 23.2. The first-order valence-electron chi connectivity index (χ1n) is 9.38. The zero-order valence-electron chi connectivity index (χ0n) is 15.0. The number of morpholine rings is 1. The van der Waals surface area contributed by atoms with Gasteiger partial charge >= 0.3 is 0 Å². The smallest absolute Gasteiger partial charge is 0.119 e. The zero-order valence-corrected chi connectivity index (χ0v) is 15.0. The van der Waals surface area contributed by atoms with E-state index < -0.39 is 0 Å². The number of aromatic nitrogens is 2. The van der Waals surface area contributed by atoms with Crippen molar-refractivity contribution in [3.63, 3.8) is 0 Å². The molecule has 1 aromatic carbocycles. The van der Waals surface area contributed by atoms with Gasteiger partial charge in [-0.1, -0.05) is 6.42 Å². The molecule has 0 saturated carbocycles. The Labute approximate surface area is 149 Å². The van der Waals surface area contributed by atoms with Crippen molar-refractivity contribution in [3.8, 4) is 5.75 Å². The largest absolute Gasteiger partial charge is 0.497 e. The van der Waals surface area contributed by atoms with Crippen molar-refractivity contribution >= 4 is 10.9 Å². The Kier molecular flexibility index (Phi) is 5.20. The highest BCUT2D eigenvalue weighted by molar-refractivity contribution is 5.82. The van der Waals surface area contributed by atoms with Gasteiger partial charge in [-0.3, -0.25) is 14.9 Å². The van der Waals surface area contributed by atoms with E-state index in [4.69, 9.17) is 9.47 Å². The molecule has 1 N–H and O–H groups in total. The number of H-pyrrole nitrogens is 1. The summed E-state index contributed by atoms with van der Waals surface area (Å²) in [5.41, 5.74) is 2.21. The van der Waals surface area contributed by atoms with E-state index in [0.29, 0.717) is 6.04 Å². The van der Waals surface area contributed by atoms with Gasteiger partial charge in [-0.15, -0.1) is 0 Å². The van der Waals surface area contributed by atoms with Crippen LogP contribution in [0, 0.1) is 0 Å². The Morgan fingerprint density at radius 2 is 2.12 bits per heavy atom. The quantitative estimate of drug-likeness (QED) is 0.902. The van der Waals surface area contributed by atoms with Crippen LogP contribution in [0.25, 0.3) is 10.9 Å². The molecule has 2 saturated heterocycles. The minimum atomic E-state index is 0.621. The molecular formula is C19H28N4O2. The van der Waals surface area contributed by atoms with E-state index in [2.05, 4.69) is 26.1 Å². The average molecular weight is 344 g/mol. The number of piperidine rings is 1. The van der Waals surface area contributed by atoms with Gasteiger partial charge < -0.3 is 9.47 Å². The topological polar surface area (TPSA) is 53.6 Å². The molecule has 0 radical (unpaired) electrons. The Balaban J connectivity index is 1.49. The van der Waals surface area contributed by atoms with E-state index in [-0.39, 0.29) is 0 Å². The average Bonchev–Trinajstić information content (AvgIpc) is 3.06. The predicted molar refractivity (Wildman–Crippen MR) is 98.0 cm³/mol. The minimum absolute atomic E-state index is 0.621. The van der Waals surface area contributed by atoms with Gasteiger partial charge in [0.2, 0.25) is 0 Å². The number of nitrogens with zero attached hydrogens (tertiary/aromatic N) is 3. The summed E-state index contributed by atoms with van der Waals surface area (Å²) in [6.45, 7) is 7.12. The molecule has 0 aliphatic carbocycles. The highest BCUT2D eigenvalue weighted by Gasteiger charge is 2.26. The second kappa shape index (κ2) is 7.72. The molecule has 0 unspecified atom stereocenters. The van der Waals surface area contributed by atoms with Crippen LogP contribution in [-0.4, -0.2) is 72.5 Å². The van der Waals surface area contributed by atoms with Gasteiger partial charge in [-0.05, 0) is 37.6 Å². The Bertz CT molecular complexity index is 696. The van der Waals surface area contributed by atoms with E-state index in [0.717, 1.165) is 50.7 Å². The summed E-state index contributed by atoms with van der Waals surface area (Å²) in [4.78, 5) is 5.19. The Morgan fingerprint density at radius 1 is 1.24 bits per heavy atom. The maximum absolute atomic E-state index is 5.49. The summed E-state index contributed by atoms with van der Waals surface area (Å²) in [5, 5.41) is 8.90. The molecule has 2 fully saturated rings. The van der Waals surface area contributed by atoms with Gasteiger partial charge in [0.15, 0.2) is 0 Å². The highest BCUT2D eigenvalue weighted by Crippen LogP contribution is 2.26. The summed E-state index contributed by atoms with van der Waals surface area (Å²) in [7, 11) is 1.71. The zero-order chi connectivity index (χ0) is 17.1. The minimum Gasteiger partial charge on any atom is -0.497 e.